The molecule has 76 valence electrons. The fourth-order valence-corrected chi connectivity index (χ4v) is 1.61. The summed E-state index contributed by atoms with van der Waals surface area (Å²) in [4.78, 5) is 2.44. The number of rotatable bonds is 4. The van der Waals surface area contributed by atoms with Crippen molar-refractivity contribution < 1.29 is 0 Å². The van der Waals surface area contributed by atoms with Crippen LogP contribution in [0.3, 0.4) is 0 Å². The lowest BCUT2D eigenvalue weighted by atomic mass is 10.2. The van der Waals surface area contributed by atoms with Crippen LogP contribution in [0.1, 0.15) is 6.42 Å². The molecule has 0 spiro atoms. The van der Waals surface area contributed by atoms with E-state index in [9.17, 15) is 0 Å². The minimum absolute atomic E-state index is 0.830. The number of hydrogen-bond acceptors (Lipinski definition) is 3. The van der Waals surface area contributed by atoms with E-state index in [2.05, 4.69) is 10.2 Å². The van der Waals surface area contributed by atoms with E-state index in [1.807, 2.05) is 24.3 Å². The van der Waals surface area contributed by atoms with Gasteiger partial charge in [0.05, 0.1) is 11.4 Å². The van der Waals surface area contributed by atoms with Crippen molar-refractivity contribution in [2.24, 2.45) is 0 Å². The number of nitrogens with one attached hydrogen (secondary N) is 1. The van der Waals surface area contributed by atoms with Crippen molar-refractivity contribution in [1.82, 2.24) is 4.90 Å². The second kappa shape index (κ2) is 4.33. The Kier molecular flexibility index (Phi) is 2.89. The van der Waals surface area contributed by atoms with Crippen molar-refractivity contribution in [3.05, 3.63) is 24.3 Å². The first-order chi connectivity index (χ1) is 6.86. The van der Waals surface area contributed by atoms with Gasteiger partial charge in [0, 0.05) is 13.1 Å². The Morgan fingerprint density at radius 3 is 2.71 bits per heavy atom. The molecule has 1 aromatic rings. The van der Waals surface area contributed by atoms with E-state index in [1.54, 1.807) is 0 Å². The molecule has 0 aliphatic carbocycles. The average Bonchev–Trinajstić information content (AvgIpc) is 2.12. The molecule has 1 fully saturated rings. The van der Waals surface area contributed by atoms with Crippen LogP contribution >= 0.6 is 0 Å². The normalized spacial score (nSPS) is 16.3. The van der Waals surface area contributed by atoms with Gasteiger partial charge in [-0.05, 0) is 31.6 Å². The first kappa shape index (κ1) is 9.34. The Labute approximate surface area is 84.9 Å². The molecular formula is C11H17N3. The van der Waals surface area contributed by atoms with E-state index in [0.29, 0.717) is 0 Å². The van der Waals surface area contributed by atoms with E-state index >= 15 is 0 Å². The van der Waals surface area contributed by atoms with Crippen molar-refractivity contribution in [2.75, 3.05) is 37.2 Å². The highest BCUT2D eigenvalue weighted by Crippen LogP contribution is 2.16. The quantitative estimate of drug-likeness (QED) is 0.707. The van der Waals surface area contributed by atoms with Gasteiger partial charge in [-0.25, -0.2) is 0 Å². The zero-order valence-electron chi connectivity index (χ0n) is 8.37. The third kappa shape index (κ3) is 2.17. The van der Waals surface area contributed by atoms with Gasteiger partial charge in [-0.3, -0.25) is 0 Å². The summed E-state index contributed by atoms with van der Waals surface area (Å²) in [5.41, 5.74) is 7.69. The molecular weight excluding hydrogens is 174 g/mol. The van der Waals surface area contributed by atoms with Crippen LogP contribution in [0, 0.1) is 0 Å². The summed E-state index contributed by atoms with van der Waals surface area (Å²) in [5.74, 6) is 0. The number of benzene rings is 1. The molecule has 14 heavy (non-hydrogen) atoms. The van der Waals surface area contributed by atoms with Gasteiger partial charge in [-0.2, -0.15) is 0 Å². The predicted molar refractivity (Wildman–Crippen MR) is 60.4 cm³/mol. The molecule has 0 saturated carbocycles. The maximum Gasteiger partial charge on any atom is 0.0574 e. The molecule has 0 bridgehead atoms. The second-order valence-electron chi connectivity index (χ2n) is 3.71. The van der Waals surface area contributed by atoms with Crippen LogP contribution in [0.2, 0.25) is 0 Å². The standard InChI is InChI=1S/C11H17N3/c12-10-4-1-2-5-11(10)13-6-9-14-7-3-8-14/h1-2,4-5,13H,3,6-9,12H2. The maximum absolute atomic E-state index is 5.81. The van der Waals surface area contributed by atoms with Gasteiger partial charge in [0.2, 0.25) is 0 Å². The molecule has 1 aromatic carbocycles. The summed E-state index contributed by atoms with van der Waals surface area (Å²) in [6.07, 6.45) is 1.35. The smallest absolute Gasteiger partial charge is 0.0574 e. The van der Waals surface area contributed by atoms with Crippen molar-refractivity contribution in [2.45, 2.75) is 6.42 Å². The van der Waals surface area contributed by atoms with Crippen LogP contribution in [0.25, 0.3) is 0 Å². The highest BCUT2D eigenvalue weighted by molar-refractivity contribution is 5.65. The zero-order valence-corrected chi connectivity index (χ0v) is 8.37. The van der Waals surface area contributed by atoms with Crippen LogP contribution in [0.5, 0.6) is 0 Å². The summed E-state index contributed by atoms with van der Waals surface area (Å²) in [7, 11) is 0. The molecule has 0 radical (unpaired) electrons. The highest BCUT2D eigenvalue weighted by atomic mass is 15.2. The van der Waals surface area contributed by atoms with Gasteiger partial charge in [-0.15, -0.1) is 0 Å². The summed E-state index contributed by atoms with van der Waals surface area (Å²) in [6, 6.07) is 7.90. The average molecular weight is 191 g/mol. The van der Waals surface area contributed by atoms with Gasteiger partial charge in [-0.1, -0.05) is 12.1 Å². The zero-order chi connectivity index (χ0) is 9.80. The molecule has 0 amide bonds. The SMILES string of the molecule is Nc1ccccc1NCCN1CCC1. The van der Waals surface area contributed by atoms with E-state index in [1.165, 1.54) is 19.5 Å². The molecule has 1 aliphatic heterocycles. The monoisotopic (exact) mass is 191 g/mol. The lowest BCUT2D eigenvalue weighted by molar-refractivity contribution is 0.189. The van der Waals surface area contributed by atoms with Crippen molar-refractivity contribution in [1.29, 1.82) is 0 Å². The molecule has 2 rings (SSSR count). The van der Waals surface area contributed by atoms with Gasteiger partial charge < -0.3 is 16.0 Å². The third-order valence-corrected chi connectivity index (χ3v) is 2.65. The summed E-state index contributed by atoms with van der Waals surface area (Å²) in [6.45, 7) is 4.61. The molecule has 0 atom stereocenters. The molecule has 1 saturated heterocycles. The molecule has 0 aromatic heterocycles. The number of likely N-dealkylation sites (tertiary alicyclic amines) is 1. The molecule has 0 unspecified atom stereocenters. The predicted octanol–water partition coefficient (Wildman–Crippen LogP) is 1.39. The topological polar surface area (TPSA) is 41.3 Å². The summed E-state index contributed by atoms with van der Waals surface area (Å²) >= 11 is 0. The minimum Gasteiger partial charge on any atom is -0.397 e. The van der Waals surface area contributed by atoms with E-state index in [4.69, 9.17) is 5.73 Å². The van der Waals surface area contributed by atoms with Crippen LogP contribution in [-0.4, -0.2) is 31.1 Å². The van der Waals surface area contributed by atoms with Crippen LogP contribution in [0.15, 0.2) is 24.3 Å². The number of nitrogens with two attached hydrogens (primary N) is 1. The fourth-order valence-electron chi connectivity index (χ4n) is 1.61. The Bertz CT molecular complexity index is 294. The Balaban J connectivity index is 1.76. The molecule has 1 aliphatic rings. The molecule has 3 heteroatoms. The van der Waals surface area contributed by atoms with Crippen LogP contribution in [-0.2, 0) is 0 Å². The largest absolute Gasteiger partial charge is 0.397 e. The molecule has 3 nitrogen and oxygen atoms in total. The highest BCUT2D eigenvalue weighted by Gasteiger charge is 2.12. The lowest BCUT2D eigenvalue weighted by Crippen LogP contribution is -2.40. The van der Waals surface area contributed by atoms with Crippen molar-refractivity contribution in [3.8, 4) is 0 Å². The van der Waals surface area contributed by atoms with Gasteiger partial charge in [0.1, 0.15) is 0 Å². The first-order valence-electron chi connectivity index (χ1n) is 5.17. The number of hydrogen-bond donors (Lipinski definition) is 2. The second-order valence-corrected chi connectivity index (χ2v) is 3.71. The van der Waals surface area contributed by atoms with E-state index in [0.717, 1.165) is 24.5 Å². The van der Waals surface area contributed by atoms with E-state index < -0.39 is 0 Å². The first-order valence-corrected chi connectivity index (χ1v) is 5.17. The fraction of sp³-hybridized carbons (Fsp3) is 0.455. The lowest BCUT2D eigenvalue weighted by Gasteiger charge is -2.30. The Hall–Kier alpha value is -1.22. The van der Waals surface area contributed by atoms with Gasteiger partial charge in [0.25, 0.3) is 0 Å². The third-order valence-electron chi connectivity index (χ3n) is 2.65. The van der Waals surface area contributed by atoms with Crippen molar-refractivity contribution >= 4 is 11.4 Å². The maximum atomic E-state index is 5.81. The Morgan fingerprint density at radius 2 is 2.07 bits per heavy atom. The van der Waals surface area contributed by atoms with E-state index in [-0.39, 0.29) is 0 Å². The summed E-state index contributed by atoms with van der Waals surface area (Å²) < 4.78 is 0. The van der Waals surface area contributed by atoms with Gasteiger partial charge in [0.15, 0.2) is 0 Å². The number of nitrogen functional groups attached to an aromatic ring is 1. The molecule has 1 heterocycles. The van der Waals surface area contributed by atoms with Gasteiger partial charge >= 0.3 is 0 Å². The van der Waals surface area contributed by atoms with Crippen LogP contribution < -0.4 is 11.1 Å². The number of nitrogens with zero attached hydrogens (tertiary/aromatic N) is 1. The van der Waals surface area contributed by atoms with Crippen LogP contribution in [0.4, 0.5) is 11.4 Å². The number of para-hydroxylation sites is 2. The minimum atomic E-state index is 0.830. The number of anilines is 2. The Morgan fingerprint density at radius 1 is 1.29 bits per heavy atom. The van der Waals surface area contributed by atoms with Crippen molar-refractivity contribution in [3.63, 3.8) is 0 Å². The molecule has 3 N–H and O–H groups in total. The summed E-state index contributed by atoms with van der Waals surface area (Å²) in [5, 5.41) is 3.35.